The molecule has 0 saturated carbocycles. The number of anilines is 2. The summed E-state index contributed by atoms with van der Waals surface area (Å²) in [5.74, 6) is 0.553. The van der Waals surface area contributed by atoms with Crippen LogP contribution in [0.5, 0.6) is 0 Å². The number of nitrogens with one attached hydrogen (secondary N) is 1. The summed E-state index contributed by atoms with van der Waals surface area (Å²) in [6.07, 6.45) is 2.99. The lowest BCUT2D eigenvalue weighted by Gasteiger charge is -2.14. The maximum atomic E-state index is 12.3. The fourth-order valence-corrected chi connectivity index (χ4v) is 2.53. The number of amides is 1. The zero-order chi connectivity index (χ0) is 17.0. The van der Waals surface area contributed by atoms with Crippen molar-refractivity contribution in [2.75, 3.05) is 11.1 Å². The smallest absolute Gasteiger partial charge is 0.238 e. The normalized spacial score (nSPS) is 12.0. The molecular formula is C14H17N7OS. The SMILES string of the molecule is CC(Sc1ncc(C#N)c(N)n1)C(=O)Nc1ccnn1C(C)C. The first-order valence-corrected chi connectivity index (χ1v) is 7.84. The van der Waals surface area contributed by atoms with E-state index in [1.165, 1.54) is 18.0 Å². The molecule has 0 saturated heterocycles. The Bertz CT molecular complexity index is 750. The number of hydrogen-bond acceptors (Lipinski definition) is 7. The van der Waals surface area contributed by atoms with Gasteiger partial charge in [-0.3, -0.25) is 4.79 Å². The molecule has 1 amide bonds. The maximum Gasteiger partial charge on any atom is 0.238 e. The Morgan fingerprint density at radius 1 is 1.48 bits per heavy atom. The standard InChI is InChI=1S/C14H17N7OS/c1-8(2)21-11(4-5-18-21)19-13(22)9(3)23-14-17-7-10(6-15)12(16)20-14/h4-5,7-9H,1-3H3,(H,19,22)(H2,16,17,20). The lowest BCUT2D eigenvalue weighted by Crippen LogP contribution is -2.24. The lowest BCUT2D eigenvalue weighted by atomic mass is 10.3. The van der Waals surface area contributed by atoms with Crippen molar-refractivity contribution in [1.82, 2.24) is 19.7 Å². The topological polar surface area (TPSA) is 123 Å². The van der Waals surface area contributed by atoms with Gasteiger partial charge in [0, 0.05) is 12.1 Å². The van der Waals surface area contributed by atoms with Crippen molar-refractivity contribution in [1.29, 1.82) is 5.26 Å². The summed E-state index contributed by atoms with van der Waals surface area (Å²) in [6.45, 7) is 5.70. The van der Waals surface area contributed by atoms with Gasteiger partial charge in [0.25, 0.3) is 0 Å². The Hall–Kier alpha value is -2.60. The lowest BCUT2D eigenvalue weighted by molar-refractivity contribution is -0.115. The van der Waals surface area contributed by atoms with E-state index in [9.17, 15) is 4.79 Å². The van der Waals surface area contributed by atoms with E-state index >= 15 is 0 Å². The average Bonchev–Trinajstić information content (AvgIpc) is 2.95. The van der Waals surface area contributed by atoms with Crippen molar-refractivity contribution in [3.8, 4) is 6.07 Å². The van der Waals surface area contributed by atoms with Gasteiger partial charge < -0.3 is 11.1 Å². The van der Waals surface area contributed by atoms with Gasteiger partial charge in [-0.15, -0.1) is 0 Å². The van der Waals surface area contributed by atoms with E-state index in [1.54, 1.807) is 23.9 Å². The number of carbonyl (C=O) groups is 1. The Kier molecular flexibility index (Phi) is 5.18. The van der Waals surface area contributed by atoms with E-state index in [4.69, 9.17) is 11.0 Å². The minimum Gasteiger partial charge on any atom is -0.382 e. The summed E-state index contributed by atoms with van der Waals surface area (Å²) in [5, 5.41) is 15.7. The van der Waals surface area contributed by atoms with Crippen LogP contribution in [0.2, 0.25) is 0 Å². The van der Waals surface area contributed by atoms with Gasteiger partial charge in [-0.2, -0.15) is 10.4 Å². The molecule has 120 valence electrons. The van der Waals surface area contributed by atoms with Gasteiger partial charge in [0.2, 0.25) is 5.91 Å². The van der Waals surface area contributed by atoms with E-state index in [2.05, 4.69) is 20.4 Å². The number of nitrogens with zero attached hydrogens (tertiary/aromatic N) is 5. The van der Waals surface area contributed by atoms with Crippen LogP contribution in [0.15, 0.2) is 23.6 Å². The second kappa shape index (κ2) is 7.11. The summed E-state index contributed by atoms with van der Waals surface area (Å²) in [7, 11) is 0. The predicted molar refractivity (Wildman–Crippen MR) is 87.7 cm³/mol. The van der Waals surface area contributed by atoms with Crippen molar-refractivity contribution in [2.45, 2.75) is 37.2 Å². The van der Waals surface area contributed by atoms with Crippen molar-refractivity contribution in [2.24, 2.45) is 0 Å². The second-order valence-corrected chi connectivity index (χ2v) is 6.38. The van der Waals surface area contributed by atoms with Gasteiger partial charge in [-0.1, -0.05) is 11.8 Å². The molecule has 0 aliphatic carbocycles. The Labute approximate surface area is 138 Å². The molecule has 2 heterocycles. The third kappa shape index (κ3) is 3.98. The second-order valence-electron chi connectivity index (χ2n) is 5.07. The predicted octanol–water partition coefficient (Wildman–Crippen LogP) is 1.83. The first-order valence-electron chi connectivity index (χ1n) is 6.96. The van der Waals surface area contributed by atoms with Gasteiger partial charge in [-0.25, -0.2) is 14.6 Å². The number of thioether (sulfide) groups is 1. The molecule has 0 bridgehead atoms. The number of rotatable bonds is 5. The first kappa shape index (κ1) is 16.8. The molecule has 1 atom stereocenters. The van der Waals surface area contributed by atoms with Gasteiger partial charge in [0.15, 0.2) is 5.16 Å². The van der Waals surface area contributed by atoms with Crippen LogP contribution >= 0.6 is 11.8 Å². The van der Waals surface area contributed by atoms with Crippen LogP contribution in [0, 0.1) is 11.3 Å². The van der Waals surface area contributed by atoms with Gasteiger partial charge >= 0.3 is 0 Å². The zero-order valence-corrected chi connectivity index (χ0v) is 13.8. The molecule has 0 spiro atoms. The van der Waals surface area contributed by atoms with Gasteiger partial charge in [-0.05, 0) is 20.8 Å². The quantitative estimate of drug-likeness (QED) is 0.633. The summed E-state index contributed by atoms with van der Waals surface area (Å²) < 4.78 is 1.73. The average molecular weight is 331 g/mol. The fourth-order valence-electron chi connectivity index (χ4n) is 1.79. The third-order valence-electron chi connectivity index (χ3n) is 2.98. The number of nitriles is 1. The van der Waals surface area contributed by atoms with Crippen LogP contribution in [-0.2, 0) is 4.79 Å². The highest BCUT2D eigenvalue weighted by Crippen LogP contribution is 2.22. The van der Waals surface area contributed by atoms with Crippen LogP contribution in [0.25, 0.3) is 0 Å². The summed E-state index contributed by atoms with van der Waals surface area (Å²) in [4.78, 5) is 20.3. The number of nitrogens with two attached hydrogens (primary N) is 1. The van der Waals surface area contributed by atoms with Crippen LogP contribution < -0.4 is 11.1 Å². The summed E-state index contributed by atoms with van der Waals surface area (Å²) >= 11 is 1.17. The highest BCUT2D eigenvalue weighted by atomic mass is 32.2. The molecule has 23 heavy (non-hydrogen) atoms. The molecule has 1 unspecified atom stereocenters. The Balaban J connectivity index is 2.04. The van der Waals surface area contributed by atoms with Crippen molar-refractivity contribution >= 4 is 29.3 Å². The van der Waals surface area contributed by atoms with E-state index in [0.717, 1.165) is 0 Å². The molecule has 0 aromatic carbocycles. The van der Waals surface area contributed by atoms with Crippen molar-refractivity contribution in [3.05, 3.63) is 24.0 Å². The Morgan fingerprint density at radius 3 is 2.83 bits per heavy atom. The van der Waals surface area contributed by atoms with E-state index in [-0.39, 0.29) is 23.3 Å². The molecule has 2 rings (SSSR count). The summed E-state index contributed by atoms with van der Waals surface area (Å²) in [6, 6.07) is 3.78. The van der Waals surface area contributed by atoms with E-state index in [1.807, 2.05) is 19.9 Å². The monoisotopic (exact) mass is 331 g/mol. The van der Waals surface area contributed by atoms with Crippen LogP contribution in [0.3, 0.4) is 0 Å². The minimum absolute atomic E-state index is 0.107. The molecule has 0 radical (unpaired) electrons. The van der Waals surface area contributed by atoms with Crippen molar-refractivity contribution in [3.63, 3.8) is 0 Å². The molecule has 0 fully saturated rings. The van der Waals surface area contributed by atoms with Crippen LogP contribution in [-0.4, -0.2) is 30.9 Å². The molecule has 0 aliphatic heterocycles. The third-order valence-corrected chi connectivity index (χ3v) is 3.95. The van der Waals surface area contributed by atoms with Gasteiger partial charge in [0.1, 0.15) is 23.3 Å². The summed E-state index contributed by atoms with van der Waals surface area (Å²) in [5.41, 5.74) is 5.86. The number of aromatic nitrogens is 4. The number of hydrogen-bond donors (Lipinski definition) is 2. The molecule has 9 heteroatoms. The zero-order valence-electron chi connectivity index (χ0n) is 13.0. The fraction of sp³-hybridized carbons (Fsp3) is 0.357. The highest BCUT2D eigenvalue weighted by molar-refractivity contribution is 8.00. The Morgan fingerprint density at radius 2 is 2.22 bits per heavy atom. The molecule has 0 aliphatic rings. The largest absolute Gasteiger partial charge is 0.382 e. The molecular weight excluding hydrogens is 314 g/mol. The molecule has 8 nitrogen and oxygen atoms in total. The minimum atomic E-state index is -0.433. The molecule has 3 N–H and O–H groups in total. The highest BCUT2D eigenvalue weighted by Gasteiger charge is 2.18. The van der Waals surface area contributed by atoms with E-state index < -0.39 is 5.25 Å². The van der Waals surface area contributed by atoms with Gasteiger partial charge in [0.05, 0.1) is 17.6 Å². The molecule has 2 aromatic heterocycles. The maximum absolute atomic E-state index is 12.3. The number of nitrogen functional groups attached to an aromatic ring is 1. The van der Waals surface area contributed by atoms with E-state index in [0.29, 0.717) is 11.0 Å². The first-order chi connectivity index (χ1) is 10.9. The number of carbonyl (C=O) groups excluding carboxylic acids is 1. The van der Waals surface area contributed by atoms with Crippen LogP contribution in [0.4, 0.5) is 11.6 Å². The van der Waals surface area contributed by atoms with Crippen molar-refractivity contribution < 1.29 is 4.79 Å². The van der Waals surface area contributed by atoms with Crippen LogP contribution in [0.1, 0.15) is 32.4 Å². The molecule has 2 aromatic rings.